The number of hydrogen-bond acceptors (Lipinski definition) is 6. The lowest BCUT2D eigenvalue weighted by atomic mass is 9.77. The molecular formula is C31H22Cl2N3O2S. The van der Waals surface area contributed by atoms with Gasteiger partial charge in [-0.1, -0.05) is 119 Å². The molecule has 0 aliphatic rings. The Bertz CT molecular complexity index is 1480. The van der Waals surface area contributed by atoms with E-state index in [9.17, 15) is 4.79 Å². The van der Waals surface area contributed by atoms with Crippen LogP contribution in [0.2, 0.25) is 10.0 Å². The normalized spacial score (nSPS) is 11.7. The second kappa shape index (κ2) is 12.3. The van der Waals surface area contributed by atoms with Crippen molar-refractivity contribution in [1.82, 2.24) is 4.98 Å². The SMILES string of the molecule is O=[C]/C(=N\OCc1cc(Cl)ccc1Cl)c1csc(NC(c2ccccc2)(c2ccccc2)c2ccccc2)n1. The Labute approximate surface area is 240 Å². The molecule has 1 aromatic heterocycles. The first-order chi connectivity index (χ1) is 19.1. The van der Waals surface area contributed by atoms with E-state index in [0.717, 1.165) is 16.7 Å². The van der Waals surface area contributed by atoms with Gasteiger partial charge < -0.3 is 10.2 Å². The van der Waals surface area contributed by atoms with Crippen LogP contribution in [0.3, 0.4) is 0 Å². The molecule has 1 heterocycles. The summed E-state index contributed by atoms with van der Waals surface area (Å²) < 4.78 is 0. The Morgan fingerprint density at radius 1 is 0.872 bits per heavy atom. The standard InChI is InChI=1S/C31H22Cl2N3O2S/c32-26-16-17-27(33)22(18-26)20-38-36-28(19-37)29-21-39-30(34-29)35-31(23-10-4-1-5-11-23,24-12-6-2-7-13-24)25-14-8-3-9-15-25/h1-18,21H,20H2,(H,34,35)/b36-28+. The summed E-state index contributed by atoms with van der Waals surface area (Å²) >= 11 is 13.6. The molecule has 0 saturated heterocycles. The minimum atomic E-state index is -0.749. The van der Waals surface area contributed by atoms with E-state index in [1.165, 1.54) is 11.3 Å². The van der Waals surface area contributed by atoms with Crippen molar-refractivity contribution in [3.8, 4) is 0 Å². The fourth-order valence-electron chi connectivity index (χ4n) is 4.32. The molecular weight excluding hydrogens is 549 g/mol. The van der Waals surface area contributed by atoms with Gasteiger partial charge in [-0.05, 0) is 34.9 Å². The quantitative estimate of drug-likeness (QED) is 0.105. The third-order valence-electron chi connectivity index (χ3n) is 6.14. The highest BCUT2D eigenvalue weighted by Crippen LogP contribution is 2.40. The average Bonchev–Trinajstić information content (AvgIpc) is 3.45. The molecule has 5 aromatic rings. The van der Waals surface area contributed by atoms with Crippen LogP contribution in [0.5, 0.6) is 0 Å². The fourth-order valence-corrected chi connectivity index (χ4v) is 5.44. The topological polar surface area (TPSA) is 63.6 Å². The van der Waals surface area contributed by atoms with Crippen molar-refractivity contribution >= 4 is 51.7 Å². The van der Waals surface area contributed by atoms with Crippen molar-refractivity contribution < 1.29 is 9.63 Å². The van der Waals surface area contributed by atoms with Gasteiger partial charge >= 0.3 is 0 Å². The van der Waals surface area contributed by atoms with Crippen LogP contribution in [0.1, 0.15) is 27.9 Å². The molecule has 0 aliphatic heterocycles. The van der Waals surface area contributed by atoms with Gasteiger partial charge in [-0.25, -0.2) is 4.98 Å². The van der Waals surface area contributed by atoms with Gasteiger partial charge in [-0.2, -0.15) is 0 Å². The molecule has 0 bridgehead atoms. The van der Waals surface area contributed by atoms with Gasteiger partial charge in [0.05, 0.1) is 0 Å². The number of anilines is 1. The van der Waals surface area contributed by atoms with Crippen LogP contribution >= 0.6 is 34.5 Å². The Balaban J connectivity index is 1.49. The first-order valence-corrected chi connectivity index (χ1v) is 13.7. The lowest BCUT2D eigenvalue weighted by molar-refractivity contribution is 0.131. The van der Waals surface area contributed by atoms with Crippen LogP contribution in [0.15, 0.2) is 120 Å². The van der Waals surface area contributed by atoms with Crippen molar-refractivity contribution in [1.29, 1.82) is 0 Å². The van der Waals surface area contributed by atoms with E-state index < -0.39 is 5.54 Å². The lowest BCUT2D eigenvalue weighted by Gasteiger charge is -2.36. The molecule has 0 amide bonds. The number of rotatable bonds is 10. The number of halogens is 2. The van der Waals surface area contributed by atoms with Crippen LogP contribution in [0.4, 0.5) is 5.13 Å². The van der Waals surface area contributed by atoms with E-state index in [1.807, 2.05) is 60.9 Å². The fraction of sp³-hybridized carbons (Fsp3) is 0.0645. The van der Waals surface area contributed by atoms with Crippen LogP contribution in [-0.4, -0.2) is 17.0 Å². The van der Waals surface area contributed by atoms with Crippen molar-refractivity contribution in [3.05, 3.63) is 153 Å². The van der Waals surface area contributed by atoms with Crippen molar-refractivity contribution in [3.63, 3.8) is 0 Å². The van der Waals surface area contributed by atoms with Crippen LogP contribution < -0.4 is 5.32 Å². The monoisotopic (exact) mass is 570 g/mol. The Hall–Kier alpha value is -3.97. The highest BCUT2D eigenvalue weighted by Gasteiger charge is 2.37. The smallest absolute Gasteiger partial charge is 0.259 e. The molecule has 1 radical (unpaired) electrons. The highest BCUT2D eigenvalue weighted by molar-refractivity contribution is 7.14. The molecule has 4 aromatic carbocycles. The molecule has 193 valence electrons. The third kappa shape index (κ3) is 5.88. The zero-order valence-electron chi connectivity index (χ0n) is 20.6. The van der Waals surface area contributed by atoms with Gasteiger partial charge in [0.25, 0.3) is 6.29 Å². The van der Waals surface area contributed by atoms with E-state index in [0.29, 0.717) is 26.4 Å². The maximum Gasteiger partial charge on any atom is 0.259 e. The molecule has 5 rings (SSSR count). The number of hydrogen-bond donors (Lipinski definition) is 1. The number of nitrogens with zero attached hydrogens (tertiary/aromatic N) is 2. The van der Waals surface area contributed by atoms with E-state index in [4.69, 9.17) is 28.0 Å². The molecule has 0 fully saturated rings. The molecule has 1 N–H and O–H groups in total. The third-order valence-corrected chi connectivity index (χ3v) is 7.50. The molecule has 0 aliphatic carbocycles. The van der Waals surface area contributed by atoms with Gasteiger partial charge in [-0.3, -0.25) is 4.79 Å². The number of nitrogens with one attached hydrogen (secondary N) is 1. The molecule has 0 spiro atoms. The summed E-state index contributed by atoms with van der Waals surface area (Å²) in [6.45, 7) is 0.0406. The summed E-state index contributed by atoms with van der Waals surface area (Å²) in [4.78, 5) is 21.9. The van der Waals surface area contributed by atoms with Gasteiger partial charge in [0, 0.05) is 21.0 Å². The predicted octanol–water partition coefficient (Wildman–Crippen LogP) is 7.88. The second-order valence-electron chi connectivity index (χ2n) is 8.56. The molecule has 0 saturated carbocycles. The summed E-state index contributed by atoms with van der Waals surface area (Å²) in [5, 5.41) is 11.0. The number of aromatic nitrogens is 1. The molecule has 39 heavy (non-hydrogen) atoms. The Kier molecular flexibility index (Phi) is 8.37. The second-order valence-corrected chi connectivity index (χ2v) is 10.3. The van der Waals surface area contributed by atoms with Crippen molar-refractivity contribution in [2.75, 3.05) is 5.32 Å². The number of thiazole rings is 1. The minimum Gasteiger partial charge on any atom is -0.390 e. The van der Waals surface area contributed by atoms with Gasteiger partial charge in [0.1, 0.15) is 17.8 Å². The minimum absolute atomic E-state index is 0.0406. The van der Waals surface area contributed by atoms with Crippen LogP contribution in [0.25, 0.3) is 0 Å². The van der Waals surface area contributed by atoms with E-state index in [1.54, 1.807) is 23.6 Å². The summed E-state index contributed by atoms with van der Waals surface area (Å²) in [5.41, 5.74) is 3.31. The molecule has 0 atom stereocenters. The summed E-state index contributed by atoms with van der Waals surface area (Å²) in [5.74, 6) is 0. The van der Waals surface area contributed by atoms with Crippen molar-refractivity contribution in [2.45, 2.75) is 12.1 Å². The van der Waals surface area contributed by atoms with E-state index in [2.05, 4.69) is 51.9 Å². The first kappa shape index (κ1) is 26.6. The zero-order valence-corrected chi connectivity index (χ0v) is 22.9. The van der Waals surface area contributed by atoms with Gasteiger partial charge in [-0.15, -0.1) is 11.3 Å². The number of carbonyl (C=O) groups excluding carboxylic acids is 1. The van der Waals surface area contributed by atoms with Crippen LogP contribution in [-0.2, 0) is 21.8 Å². The number of benzene rings is 4. The largest absolute Gasteiger partial charge is 0.390 e. The Morgan fingerprint density at radius 2 is 1.44 bits per heavy atom. The van der Waals surface area contributed by atoms with E-state index in [-0.39, 0.29) is 12.3 Å². The first-order valence-electron chi connectivity index (χ1n) is 12.0. The molecule has 5 nitrogen and oxygen atoms in total. The van der Waals surface area contributed by atoms with Gasteiger partial charge in [0.15, 0.2) is 10.8 Å². The van der Waals surface area contributed by atoms with E-state index >= 15 is 0 Å². The highest BCUT2D eigenvalue weighted by atomic mass is 35.5. The van der Waals surface area contributed by atoms with Gasteiger partial charge in [0.2, 0.25) is 0 Å². The zero-order chi connectivity index (χ0) is 27.1. The summed E-state index contributed by atoms with van der Waals surface area (Å²) in [6.07, 6.45) is 1.83. The summed E-state index contributed by atoms with van der Waals surface area (Å²) in [6, 6.07) is 35.6. The Morgan fingerprint density at radius 3 is 1.97 bits per heavy atom. The van der Waals surface area contributed by atoms with Crippen molar-refractivity contribution in [2.24, 2.45) is 5.16 Å². The predicted molar refractivity (Wildman–Crippen MR) is 158 cm³/mol. The maximum absolute atomic E-state index is 11.8. The lowest BCUT2D eigenvalue weighted by Crippen LogP contribution is -2.38. The van der Waals surface area contributed by atoms with Crippen LogP contribution in [0, 0.1) is 0 Å². The number of oxime groups is 1. The molecule has 0 unspecified atom stereocenters. The molecule has 8 heteroatoms. The average molecular weight is 572 g/mol. The summed E-state index contributed by atoms with van der Waals surface area (Å²) in [7, 11) is 0. The maximum atomic E-state index is 11.8.